The molecule has 0 saturated heterocycles. The van der Waals surface area contributed by atoms with E-state index in [0.29, 0.717) is 24.2 Å². The molecule has 30 heavy (non-hydrogen) atoms. The lowest BCUT2D eigenvalue weighted by Crippen LogP contribution is -2.23. The maximum Gasteiger partial charge on any atom is 0.261 e. The van der Waals surface area contributed by atoms with E-state index in [9.17, 15) is 0 Å². The molecule has 3 aromatic rings. The van der Waals surface area contributed by atoms with Gasteiger partial charge < -0.3 is 14.6 Å². The van der Waals surface area contributed by atoms with Gasteiger partial charge in [0, 0.05) is 25.8 Å². The highest BCUT2D eigenvalue weighted by atomic mass is 16.5. The number of hydrogen-bond acceptors (Lipinski definition) is 6. The van der Waals surface area contributed by atoms with Crippen molar-refractivity contribution in [2.24, 2.45) is 5.92 Å². The van der Waals surface area contributed by atoms with E-state index >= 15 is 0 Å². The van der Waals surface area contributed by atoms with Crippen LogP contribution in [0.25, 0.3) is 22.8 Å². The fraction of sp³-hybridized carbons (Fsp3) is 0.522. The molecule has 1 aromatic carbocycles. The van der Waals surface area contributed by atoms with Crippen LogP contribution in [0.3, 0.4) is 0 Å². The minimum atomic E-state index is 0.478. The first kappa shape index (κ1) is 19.5. The number of aromatic nitrogens is 4. The molecule has 1 aliphatic carbocycles. The van der Waals surface area contributed by atoms with Crippen LogP contribution in [0.15, 0.2) is 28.9 Å². The van der Waals surface area contributed by atoms with Crippen LogP contribution in [0.4, 0.5) is 0 Å². The Morgan fingerprint density at radius 2 is 2.10 bits per heavy atom. The van der Waals surface area contributed by atoms with Gasteiger partial charge in [0.15, 0.2) is 0 Å². The van der Waals surface area contributed by atoms with E-state index in [1.165, 1.54) is 43.2 Å². The van der Waals surface area contributed by atoms with Crippen LogP contribution in [0.1, 0.15) is 48.9 Å². The third-order valence-electron chi connectivity index (χ3n) is 6.39. The molecule has 3 heterocycles. The van der Waals surface area contributed by atoms with Gasteiger partial charge in [-0.15, -0.1) is 0 Å². The minimum absolute atomic E-state index is 0.478. The maximum atomic E-state index is 5.66. The van der Waals surface area contributed by atoms with Crippen molar-refractivity contribution in [2.75, 3.05) is 13.7 Å². The summed E-state index contributed by atoms with van der Waals surface area (Å²) in [6.45, 7) is 3.34. The van der Waals surface area contributed by atoms with Gasteiger partial charge >= 0.3 is 0 Å². The lowest BCUT2D eigenvalue weighted by atomic mass is 9.89. The van der Waals surface area contributed by atoms with Crippen LogP contribution in [0.5, 0.6) is 0 Å². The normalized spacial score (nSPS) is 17.2. The van der Waals surface area contributed by atoms with Crippen molar-refractivity contribution < 1.29 is 9.26 Å². The summed E-state index contributed by atoms with van der Waals surface area (Å²) in [5, 5.41) is 12.3. The summed E-state index contributed by atoms with van der Waals surface area (Å²) in [5.41, 5.74) is 5.58. The summed E-state index contributed by atoms with van der Waals surface area (Å²) in [6, 6.07) is 6.42. The SMILES string of the molecule is COCc1c(-c2nc(-c3ccc4c(c3)CCNC4)no2)cnn1CC1CCCCC1. The fourth-order valence-electron chi connectivity index (χ4n) is 4.72. The van der Waals surface area contributed by atoms with E-state index < -0.39 is 0 Å². The highest BCUT2D eigenvalue weighted by molar-refractivity contribution is 5.62. The molecule has 1 N–H and O–H groups in total. The second kappa shape index (κ2) is 8.70. The highest BCUT2D eigenvalue weighted by Crippen LogP contribution is 2.30. The van der Waals surface area contributed by atoms with Gasteiger partial charge in [-0.1, -0.05) is 36.6 Å². The summed E-state index contributed by atoms with van der Waals surface area (Å²) in [7, 11) is 1.71. The molecule has 0 radical (unpaired) electrons. The minimum Gasteiger partial charge on any atom is -0.378 e. The van der Waals surface area contributed by atoms with Crippen LogP contribution in [-0.2, 0) is 30.9 Å². The lowest BCUT2D eigenvalue weighted by Gasteiger charge is -2.22. The summed E-state index contributed by atoms with van der Waals surface area (Å²) in [4.78, 5) is 4.70. The van der Waals surface area contributed by atoms with Gasteiger partial charge in [0.25, 0.3) is 5.89 Å². The van der Waals surface area contributed by atoms with Gasteiger partial charge in [-0.25, -0.2) is 0 Å². The maximum absolute atomic E-state index is 5.66. The van der Waals surface area contributed by atoms with E-state index in [-0.39, 0.29) is 0 Å². The molecule has 1 fully saturated rings. The predicted octanol–water partition coefficient (Wildman–Crippen LogP) is 3.97. The van der Waals surface area contributed by atoms with Gasteiger partial charge in [0.05, 0.1) is 24.1 Å². The quantitative estimate of drug-likeness (QED) is 0.666. The van der Waals surface area contributed by atoms with Crippen LogP contribution in [-0.4, -0.2) is 33.6 Å². The van der Waals surface area contributed by atoms with Crippen molar-refractivity contribution in [3.63, 3.8) is 0 Å². The van der Waals surface area contributed by atoms with E-state index in [1.807, 2.05) is 6.20 Å². The standard InChI is InChI=1S/C23H29N5O2/c1-29-15-21-20(13-25-28(21)14-16-5-3-2-4-6-16)23-26-22(27-30-23)18-7-8-19-12-24-10-9-17(19)11-18/h7-8,11,13,16,24H,2-6,9-10,12,14-15H2,1H3. The molecule has 2 aliphatic rings. The zero-order valence-electron chi connectivity index (χ0n) is 17.6. The van der Waals surface area contributed by atoms with Crippen LogP contribution >= 0.6 is 0 Å². The zero-order valence-corrected chi connectivity index (χ0v) is 17.6. The summed E-state index contributed by atoms with van der Waals surface area (Å²) in [6.07, 6.45) is 9.42. The Hall–Kier alpha value is -2.51. The van der Waals surface area contributed by atoms with E-state index in [1.54, 1.807) is 7.11 Å². The molecule has 7 nitrogen and oxygen atoms in total. The summed E-state index contributed by atoms with van der Waals surface area (Å²) in [5.74, 6) is 1.81. The van der Waals surface area contributed by atoms with E-state index in [4.69, 9.17) is 14.2 Å². The molecule has 158 valence electrons. The van der Waals surface area contributed by atoms with Gasteiger partial charge in [-0.2, -0.15) is 10.1 Å². The first-order chi connectivity index (χ1) is 14.8. The van der Waals surface area contributed by atoms with Gasteiger partial charge in [0.1, 0.15) is 0 Å². The molecule has 0 spiro atoms. The Morgan fingerprint density at radius 1 is 1.20 bits per heavy atom. The van der Waals surface area contributed by atoms with Crippen molar-refractivity contribution in [3.05, 3.63) is 41.2 Å². The number of fused-ring (bicyclic) bond motifs is 1. The largest absolute Gasteiger partial charge is 0.378 e. The molecule has 2 aromatic heterocycles. The van der Waals surface area contributed by atoms with Crippen molar-refractivity contribution in [2.45, 2.75) is 58.2 Å². The third-order valence-corrected chi connectivity index (χ3v) is 6.39. The summed E-state index contributed by atoms with van der Waals surface area (Å²) < 4.78 is 13.2. The van der Waals surface area contributed by atoms with Crippen molar-refractivity contribution in [1.82, 2.24) is 25.2 Å². The smallest absolute Gasteiger partial charge is 0.261 e. The number of benzene rings is 1. The van der Waals surface area contributed by atoms with E-state index in [0.717, 1.165) is 42.9 Å². The van der Waals surface area contributed by atoms with Crippen LogP contribution < -0.4 is 5.32 Å². The molecule has 7 heteroatoms. The second-order valence-corrected chi connectivity index (χ2v) is 8.46. The fourth-order valence-corrected chi connectivity index (χ4v) is 4.72. The van der Waals surface area contributed by atoms with Gasteiger partial charge in [-0.05, 0) is 48.9 Å². The Balaban J connectivity index is 1.41. The Morgan fingerprint density at radius 3 is 2.97 bits per heavy atom. The van der Waals surface area contributed by atoms with E-state index in [2.05, 4.69) is 38.5 Å². The average Bonchev–Trinajstić information content (AvgIpc) is 3.42. The van der Waals surface area contributed by atoms with Crippen molar-refractivity contribution >= 4 is 0 Å². The number of methoxy groups -OCH3 is 1. The zero-order chi connectivity index (χ0) is 20.3. The molecule has 5 rings (SSSR count). The molecule has 0 amide bonds. The molecular formula is C23H29N5O2. The van der Waals surface area contributed by atoms with Crippen molar-refractivity contribution in [1.29, 1.82) is 0 Å². The third kappa shape index (κ3) is 3.91. The first-order valence-corrected chi connectivity index (χ1v) is 11.0. The number of ether oxygens (including phenoxy) is 1. The summed E-state index contributed by atoms with van der Waals surface area (Å²) >= 11 is 0. The van der Waals surface area contributed by atoms with Crippen LogP contribution in [0.2, 0.25) is 0 Å². The molecule has 0 bridgehead atoms. The monoisotopic (exact) mass is 407 g/mol. The Kier molecular flexibility index (Phi) is 5.64. The molecule has 0 atom stereocenters. The number of nitrogens with zero attached hydrogens (tertiary/aromatic N) is 4. The second-order valence-electron chi connectivity index (χ2n) is 8.46. The van der Waals surface area contributed by atoms with Gasteiger partial charge in [-0.3, -0.25) is 4.68 Å². The first-order valence-electron chi connectivity index (χ1n) is 11.0. The van der Waals surface area contributed by atoms with Gasteiger partial charge in [0.2, 0.25) is 5.82 Å². The Labute approximate surface area is 176 Å². The average molecular weight is 408 g/mol. The number of rotatable bonds is 6. The topological polar surface area (TPSA) is 78.0 Å². The van der Waals surface area contributed by atoms with Crippen molar-refractivity contribution in [3.8, 4) is 22.8 Å². The highest BCUT2D eigenvalue weighted by Gasteiger charge is 2.22. The van der Waals surface area contributed by atoms with Crippen LogP contribution in [0, 0.1) is 5.92 Å². The number of hydrogen-bond donors (Lipinski definition) is 1. The molecule has 1 aliphatic heterocycles. The molecular weight excluding hydrogens is 378 g/mol. The Bertz CT molecular complexity index is 1000. The molecule has 0 unspecified atom stereocenters. The molecule has 1 saturated carbocycles. The number of nitrogens with one attached hydrogen (secondary N) is 1. The lowest BCUT2D eigenvalue weighted by molar-refractivity contribution is 0.173. The predicted molar refractivity (Wildman–Crippen MR) is 114 cm³/mol.